The van der Waals surface area contributed by atoms with Crippen molar-refractivity contribution in [1.29, 1.82) is 0 Å². The zero-order valence-electron chi connectivity index (χ0n) is 31.2. The molecule has 0 aromatic heterocycles. The summed E-state index contributed by atoms with van der Waals surface area (Å²) in [5.41, 5.74) is 2.09. The van der Waals surface area contributed by atoms with Crippen LogP contribution in [-0.4, -0.2) is 91.1 Å². The first-order valence-corrected chi connectivity index (χ1v) is 18.7. The van der Waals surface area contributed by atoms with Crippen LogP contribution in [0.15, 0.2) is 54.6 Å². The topological polar surface area (TPSA) is 85.9 Å². The molecule has 3 aliphatic heterocycles. The number of ether oxygens (including phenoxy) is 1. The van der Waals surface area contributed by atoms with Crippen LogP contribution < -0.4 is 16.0 Å². The smallest absolute Gasteiger partial charge is 0.410 e. The number of nitrogens with zero attached hydrogens (tertiary/aromatic N) is 2. The normalized spacial score (nSPS) is 21.6. The Morgan fingerprint density at radius 2 is 1.75 bits per heavy atom. The van der Waals surface area contributed by atoms with E-state index in [1.54, 1.807) is 26.8 Å². The molecule has 3 atom stereocenters. The number of hydrogen-bond donors (Lipinski definition) is 3. The minimum atomic E-state index is -1.28. The van der Waals surface area contributed by atoms with Crippen molar-refractivity contribution in [3.63, 3.8) is 0 Å². The van der Waals surface area contributed by atoms with Gasteiger partial charge in [-0.05, 0) is 127 Å². The number of anilines is 1. The minimum Gasteiger partial charge on any atom is -0.444 e. The third-order valence-corrected chi connectivity index (χ3v) is 10.5. The number of halogens is 2. The molecule has 3 N–H and O–H groups in total. The molecule has 0 aliphatic carbocycles. The molecular formula is C42H53F2N5O3. The molecule has 8 nitrogen and oxygen atoms in total. The summed E-state index contributed by atoms with van der Waals surface area (Å²) in [6.07, 6.45) is 1.24. The Morgan fingerprint density at radius 3 is 2.46 bits per heavy atom. The van der Waals surface area contributed by atoms with E-state index in [2.05, 4.69) is 44.8 Å². The fourth-order valence-corrected chi connectivity index (χ4v) is 7.56. The highest BCUT2D eigenvalue weighted by Crippen LogP contribution is 2.30. The Hall–Kier alpha value is -4.20. The van der Waals surface area contributed by atoms with Crippen LogP contribution in [-0.2, 0) is 4.74 Å². The van der Waals surface area contributed by atoms with Crippen molar-refractivity contribution in [2.75, 3.05) is 51.1 Å². The standard InChI is InChI=1S/C42H53F2N5O3/c1-28-10-14-32(47-38-26-49(25-37(38)43)40(51)52-41(3,4)5)24-36(28)39(50)46-29(2)33-15-13-31(34-8-6-7-9-35(33)34)12-11-30-16-22-48(23-17-30)27-42(44)18-20-45-21-19-42/h6-10,13-15,24,29-30,37-38,45,47H,16-23,25-27H2,1-5H3,(H,46,50)/t29-,37-,38+/m1/s1. The summed E-state index contributed by atoms with van der Waals surface area (Å²) in [6.45, 7) is 13.1. The molecule has 6 rings (SSSR count). The Kier molecular flexibility index (Phi) is 11.4. The van der Waals surface area contributed by atoms with Gasteiger partial charge in [-0.3, -0.25) is 4.79 Å². The van der Waals surface area contributed by atoms with E-state index in [4.69, 9.17) is 4.74 Å². The SMILES string of the molecule is Cc1ccc(N[C@H]2CN(C(=O)OC(C)(C)C)C[C@H]2F)cc1C(=O)N[C@H](C)c1ccc(C#CC2CCN(CC3(F)CCNCC3)CC2)c2ccccc12. The van der Waals surface area contributed by atoms with E-state index in [9.17, 15) is 14.0 Å². The summed E-state index contributed by atoms with van der Waals surface area (Å²) in [6, 6.07) is 16.7. The van der Waals surface area contributed by atoms with Crippen molar-refractivity contribution >= 4 is 28.5 Å². The molecule has 2 amide bonds. The number of benzene rings is 3. The Labute approximate surface area is 307 Å². The van der Waals surface area contributed by atoms with Crippen molar-refractivity contribution in [1.82, 2.24) is 20.4 Å². The van der Waals surface area contributed by atoms with Gasteiger partial charge in [0.2, 0.25) is 0 Å². The molecule has 3 saturated heterocycles. The molecule has 0 unspecified atom stereocenters. The fourth-order valence-electron chi connectivity index (χ4n) is 7.56. The average Bonchev–Trinajstić information content (AvgIpc) is 3.47. The van der Waals surface area contributed by atoms with Crippen LogP contribution in [0.2, 0.25) is 0 Å². The maximum absolute atomic E-state index is 15.2. The highest BCUT2D eigenvalue weighted by molar-refractivity contribution is 5.97. The lowest BCUT2D eigenvalue weighted by atomic mass is 9.91. The Balaban J connectivity index is 1.09. The van der Waals surface area contributed by atoms with Crippen LogP contribution in [0.3, 0.4) is 0 Å². The number of likely N-dealkylation sites (tertiary alicyclic amines) is 2. The highest BCUT2D eigenvalue weighted by Gasteiger charge is 2.38. The second-order valence-electron chi connectivity index (χ2n) is 15.8. The van der Waals surface area contributed by atoms with Crippen LogP contribution in [0.5, 0.6) is 0 Å². The number of piperidine rings is 2. The van der Waals surface area contributed by atoms with Crippen LogP contribution in [0.25, 0.3) is 10.8 Å². The van der Waals surface area contributed by atoms with E-state index >= 15 is 4.39 Å². The first kappa shape index (κ1) is 37.6. The number of hydrogen-bond acceptors (Lipinski definition) is 6. The van der Waals surface area contributed by atoms with Gasteiger partial charge in [0.1, 0.15) is 17.4 Å². The molecule has 3 aromatic carbocycles. The molecule has 3 heterocycles. The van der Waals surface area contributed by atoms with Crippen molar-refractivity contribution in [2.45, 2.75) is 89.8 Å². The molecular weight excluding hydrogens is 660 g/mol. The van der Waals surface area contributed by atoms with Crippen molar-refractivity contribution in [2.24, 2.45) is 5.92 Å². The number of amides is 2. The number of aryl methyl sites for hydroxylation is 1. The molecule has 0 saturated carbocycles. The third kappa shape index (κ3) is 9.23. The van der Waals surface area contributed by atoms with Crippen LogP contribution in [0.1, 0.15) is 86.5 Å². The minimum absolute atomic E-state index is 0.0541. The molecule has 3 aromatic rings. The number of carbonyl (C=O) groups excluding carboxylic acids is 2. The molecule has 0 radical (unpaired) electrons. The van der Waals surface area contributed by atoms with E-state index in [0.29, 0.717) is 30.6 Å². The van der Waals surface area contributed by atoms with Crippen molar-refractivity contribution < 1.29 is 23.1 Å². The molecule has 52 heavy (non-hydrogen) atoms. The summed E-state index contributed by atoms with van der Waals surface area (Å²) >= 11 is 0. The first-order chi connectivity index (χ1) is 24.8. The maximum atomic E-state index is 15.2. The zero-order chi connectivity index (χ0) is 37.0. The number of rotatable bonds is 7. The first-order valence-electron chi connectivity index (χ1n) is 18.7. The number of fused-ring (bicyclic) bond motifs is 1. The summed E-state index contributed by atoms with van der Waals surface area (Å²) in [7, 11) is 0. The van der Waals surface area contributed by atoms with Gasteiger partial charge >= 0.3 is 6.09 Å². The van der Waals surface area contributed by atoms with E-state index in [1.807, 2.05) is 50.2 Å². The monoisotopic (exact) mass is 713 g/mol. The number of carbonyl (C=O) groups is 2. The lowest BCUT2D eigenvalue weighted by molar-refractivity contribution is 0.0283. The molecule has 0 spiro atoms. The van der Waals surface area contributed by atoms with Crippen molar-refractivity contribution in [3.8, 4) is 11.8 Å². The zero-order valence-corrected chi connectivity index (χ0v) is 31.2. The van der Waals surface area contributed by atoms with Gasteiger partial charge < -0.3 is 30.5 Å². The molecule has 278 valence electrons. The number of alkyl halides is 2. The van der Waals surface area contributed by atoms with E-state index in [1.165, 1.54) is 4.90 Å². The van der Waals surface area contributed by atoms with Crippen LogP contribution in [0, 0.1) is 24.7 Å². The van der Waals surface area contributed by atoms with E-state index in [0.717, 1.165) is 66.5 Å². The van der Waals surface area contributed by atoms with Gasteiger partial charge in [-0.2, -0.15) is 0 Å². The second kappa shape index (κ2) is 15.8. The van der Waals surface area contributed by atoms with E-state index < -0.39 is 29.6 Å². The summed E-state index contributed by atoms with van der Waals surface area (Å²) in [4.78, 5) is 29.8. The van der Waals surface area contributed by atoms with Gasteiger partial charge in [-0.15, -0.1) is 0 Å². The largest absolute Gasteiger partial charge is 0.444 e. The molecule has 10 heteroatoms. The van der Waals surface area contributed by atoms with Gasteiger partial charge in [0.05, 0.1) is 18.6 Å². The Morgan fingerprint density at radius 1 is 1.04 bits per heavy atom. The van der Waals surface area contributed by atoms with Crippen LogP contribution in [0.4, 0.5) is 19.3 Å². The molecule has 3 fully saturated rings. The van der Waals surface area contributed by atoms with Gasteiger partial charge in [0.15, 0.2) is 0 Å². The highest BCUT2D eigenvalue weighted by atomic mass is 19.1. The van der Waals surface area contributed by atoms with Gasteiger partial charge in [0.25, 0.3) is 5.91 Å². The van der Waals surface area contributed by atoms with Gasteiger partial charge in [-0.25, -0.2) is 13.6 Å². The molecule has 0 bridgehead atoms. The lowest BCUT2D eigenvalue weighted by Gasteiger charge is -2.37. The van der Waals surface area contributed by atoms with Crippen LogP contribution >= 0.6 is 0 Å². The predicted molar refractivity (Wildman–Crippen MR) is 203 cm³/mol. The van der Waals surface area contributed by atoms with Crippen molar-refractivity contribution in [3.05, 3.63) is 76.9 Å². The average molecular weight is 714 g/mol. The maximum Gasteiger partial charge on any atom is 0.410 e. The van der Waals surface area contributed by atoms with E-state index in [-0.39, 0.29) is 31.0 Å². The number of nitrogens with one attached hydrogen (secondary N) is 3. The predicted octanol–water partition coefficient (Wildman–Crippen LogP) is 7.16. The quantitative estimate of drug-likeness (QED) is 0.226. The van der Waals surface area contributed by atoms with Gasteiger partial charge in [-0.1, -0.05) is 48.2 Å². The Bertz CT molecular complexity index is 1820. The second-order valence-corrected chi connectivity index (χ2v) is 15.8. The summed E-state index contributed by atoms with van der Waals surface area (Å²) in [5.74, 6) is 7.02. The fraction of sp³-hybridized carbons (Fsp3) is 0.524. The summed E-state index contributed by atoms with van der Waals surface area (Å²) < 4.78 is 35.7. The molecule has 3 aliphatic rings. The third-order valence-electron chi connectivity index (χ3n) is 10.5. The lowest BCUT2D eigenvalue weighted by Crippen LogP contribution is -2.48. The summed E-state index contributed by atoms with van der Waals surface area (Å²) in [5, 5.41) is 11.7. The van der Waals surface area contributed by atoms with Gasteiger partial charge in [0, 0.05) is 35.8 Å².